The van der Waals surface area contributed by atoms with Crippen LogP contribution in [0, 0.1) is 5.82 Å². The number of amides is 1. The zero-order chi connectivity index (χ0) is 20.9. The average molecular weight is 423 g/mol. The molecule has 7 nitrogen and oxygen atoms in total. The normalized spacial score (nSPS) is 10.9. The number of hydrogen-bond donors (Lipinski definition) is 1. The number of benzene rings is 2. The molecule has 2 aromatic carbocycles. The molecule has 1 N–H and O–H groups in total. The van der Waals surface area contributed by atoms with Crippen molar-refractivity contribution in [2.45, 2.75) is 11.7 Å². The standard InChI is InChI=1S/C21H18FN5O2S/c1-29-18-5-3-2-4-16(18)17-10-11-19-24-25-21(27(19)26-17)30-13-20(28)23-12-14-6-8-15(22)9-7-14/h2-11H,12-13H2,1H3,(H,23,28). The molecule has 30 heavy (non-hydrogen) atoms. The van der Waals surface area contributed by atoms with E-state index in [1.807, 2.05) is 36.4 Å². The van der Waals surface area contributed by atoms with E-state index < -0.39 is 0 Å². The Morgan fingerprint density at radius 2 is 1.90 bits per heavy atom. The van der Waals surface area contributed by atoms with E-state index in [1.165, 1.54) is 23.9 Å². The van der Waals surface area contributed by atoms with Gasteiger partial charge in [0.25, 0.3) is 0 Å². The lowest BCUT2D eigenvalue weighted by molar-refractivity contribution is -0.118. The molecule has 0 aliphatic heterocycles. The highest BCUT2D eigenvalue weighted by atomic mass is 32.2. The van der Waals surface area contributed by atoms with E-state index in [4.69, 9.17) is 4.74 Å². The molecule has 0 saturated carbocycles. The van der Waals surface area contributed by atoms with Crippen molar-refractivity contribution in [2.75, 3.05) is 12.9 Å². The van der Waals surface area contributed by atoms with Gasteiger partial charge in [-0.3, -0.25) is 4.79 Å². The van der Waals surface area contributed by atoms with Crippen molar-refractivity contribution in [2.24, 2.45) is 0 Å². The lowest BCUT2D eigenvalue weighted by Gasteiger charge is -2.08. The predicted octanol–water partition coefficient (Wildman–Crippen LogP) is 3.35. The van der Waals surface area contributed by atoms with Crippen LogP contribution in [0.3, 0.4) is 0 Å². The van der Waals surface area contributed by atoms with Crippen molar-refractivity contribution >= 4 is 23.3 Å². The molecule has 0 unspecified atom stereocenters. The zero-order valence-corrected chi connectivity index (χ0v) is 16.9. The highest BCUT2D eigenvalue weighted by Crippen LogP contribution is 2.28. The highest BCUT2D eigenvalue weighted by Gasteiger charge is 2.13. The quantitative estimate of drug-likeness (QED) is 0.459. The van der Waals surface area contributed by atoms with Crippen LogP contribution in [-0.4, -0.2) is 38.6 Å². The van der Waals surface area contributed by atoms with Gasteiger partial charge in [0.1, 0.15) is 11.6 Å². The van der Waals surface area contributed by atoms with Gasteiger partial charge in [0.15, 0.2) is 5.65 Å². The molecule has 9 heteroatoms. The van der Waals surface area contributed by atoms with Gasteiger partial charge in [-0.1, -0.05) is 36.0 Å². The summed E-state index contributed by atoms with van der Waals surface area (Å²) in [5.74, 6) is 0.399. The molecule has 0 aliphatic rings. The van der Waals surface area contributed by atoms with E-state index in [0.29, 0.717) is 28.8 Å². The molecule has 1 amide bonds. The number of carbonyl (C=O) groups excluding carboxylic acids is 1. The Morgan fingerprint density at radius 1 is 1.10 bits per heavy atom. The molecule has 0 fully saturated rings. The van der Waals surface area contributed by atoms with Gasteiger partial charge in [-0.15, -0.1) is 10.2 Å². The number of para-hydroxylation sites is 1. The zero-order valence-electron chi connectivity index (χ0n) is 16.1. The molecule has 4 aromatic rings. The number of ether oxygens (including phenoxy) is 1. The molecular weight excluding hydrogens is 405 g/mol. The topological polar surface area (TPSA) is 81.4 Å². The van der Waals surface area contributed by atoms with Crippen LogP contribution in [0.25, 0.3) is 16.9 Å². The highest BCUT2D eigenvalue weighted by molar-refractivity contribution is 7.99. The lowest BCUT2D eigenvalue weighted by Crippen LogP contribution is -2.24. The first-order valence-electron chi connectivity index (χ1n) is 9.14. The Kier molecular flexibility index (Phi) is 5.89. The third-order valence-corrected chi connectivity index (χ3v) is 5.27. The molecule has 152 valence electrons. The van der Waals surface area contributed by atoms with Crippen LogP contribution in [-0.2, 0) is 11.3 Å². The number of rotatable bonds is 7. The molecule has 0 bridgehead atoms. The van der Waals surface area contributed by atoms with Crippen LogP contribution in [0.5, 0.6) is 5.75 Å². The van der Waals surface area contributed by atoms with E-state index in [1.54, 1.807) is 23.8 Å². The van der Waals surface area contributed by atoms with Gasteiger partial charge >= 0.3 is 0 Å². The molecule has 2 heterocycles. The van der Waals surface area contributed by atoms with Crippen molar-refractivity contribution in [1.29, 1.82) is 0 Å². The SMILES string of the molecule is COc1ccccc1-c1ccc2nnc(SCC(=O)NCc3ccc(F)cc3)n2n1. The largest absolute Gasteiger partial charge is 0.496 e. The third kappa shape index (κ3) is 4.41. The smallest absolute Gasteiger partial charge is 0.230 e. The minimum Gasteiger partial charge on any atom is -0.496 e. The summed E-state index contributed by atoms with van der Waals surface area (Å²) in [6, 6.07) is 17.3. The number of nitrogens with zero attached hydrogens (tertiary/aromatic N) is 4. The second-order valence-electron chi connectivity index (χ2n) is 6.36. The van der Waals surface area contributed by atoms with Crippen molar-refractivity contribution in [3.05, 3.63) is 72.0 Å². The van der Waals surface area contributed by atoms with Gasteiger partial charge in [-0.05, 0) is 42.0 Å². The number of halogens is 1. The molecule has 0 atom stereocenters. The number of carbonyl (C=O) groups is 1. The summed E-state index contributed by atoms with van der Waals surface area (Å²) < 4.78 is 20.0. The minimum absolute atomic E-state index is 0.155. The minimum atomic E-state index is -0.306. The molecule has 0 radical (unpaired) electrons. The Hall–Kier alpha value is -3.46. The fourth-order valence-corrected chi connectivity index (χ4v) is 3.56. The maximum Gasteiger partial charge on any atom is 0.230 e. The summed E-state index contributed by atoms with van der Waals surface area (Å²) in [7, 11) is 1.61. The summed E-state index contributed by atoms with van der Waals surface area (Å²) in [6.07, 6.45) is 0. The van der Waals surface area contributed by atoms with Gasteiger partial charge in [-0.2, -0.15) is 9.61 Å². The second kappa shape index (κ2) is 8.91. The molecule has 0 saturated heterocycles. The number of nitrogens with one attached hydrogen (secondary N) is 1. The van der Waals surface area contributed by atoms with Crippen LogP contribution < -0.4 is 10.1 Å². The molecule has 2 aromatic heterocycles. The summed E-state index contributed by atoms with van der Waals surface area (Å²) in [6.45, 7) is 0.330. The van der Waals surface area contributed by atoms with Crippen molar-refractivity contribution < 1.29 is 13.9 Å². The number of methoxy groups -OCH3 is 1. The lowest BCUT2D eigenvalue weighted by atomic mass is 10.1. The van der Waals surface area contributed by atoms with E-state index in [0.717, 1.165) is 11.1 Å². The van der Waals surface area contributed by atoms with Crippen LogP contribution in [0.2, 0.25) is 0 Å². The van der Waals surface area contributed by atoms with Gasteiger partial charge in [0.05, 0.1) is 18.6 Å². The Morgan fingerprint density at radius 3 is 2.70 bits per heavy atom. The van der Waals surface area contributed by atoms with Gasteiger partial charge < -0.3 is 10.1 Å². The van der Waals surface area contributed by atoms with E-state index >= 15 is 0 Å². The monoisotopic (exact) mass is 423 g/mol. The van der Waals surface area contributed by atoms with E-state index in [9.17, 15) is 9.18 Å². The number of hydrogen-bond acceptors (Lipinski definition) is 6. The summed E-state index contributed by atoms with van der Waals surface area (Å²) in [4.78, 5) is 12.2. The molecule has 0 spiro atoms. The number of thioether (sulfide) groups is 1. The Labute approximate surface area is 176 Å². The predicted molar refractivity (Wildman–Crippen MR) is 112 cm³/mol. The van der Waals surface area contributed by atoms with Gasteiger partial charge in [0, 0.05) is 12.1 Å². The van der Waals surface area contributed by atoms with Gasteiger partial charge in [0.2, 0.25) is 11.1 Å². The fraction of sp³-hybridized carbons (Fsp3) is 0.143. The maximum atomic E-state index is 13.0. The maximum absolute atomic E-state index is 13.0. The van der Waals surface area contributed by atoms with Crippen LogP contribution in [0.15, 0.2) is 65.8 Å². The van der Waals surface area contributed by atoms with Crippen LogP contribution in [0.1, 0.15) is 5.56 Å². The Balaban J connectivity index is 1.45. The van der Waals surface area contributed by atoms with Crippen molar-refractivity contribution in [3.63, 3.8) is 0 Å². The first-order chi connectivity index (χ1) is 14.6. The second-order valence-corrected chi connectivity index (χ2v) is 7.31. The van der Waals surface area contributed by atoms with E-state index in [-0.39, 0.29) is 17.5 Å². The van der Waals surface area contributed by atoms with Crippen LogP contribution >= 0.6 is 11.8 Å². The molecule has 4 rings (SSSR count). The van der Waals surface area contributed by atoms with E-state index in [2.05, 4.69) is 20.6 Å². The first-order valence-corrected chi connectivity index (χ1v) is 10.1. The van der Waals surface area contributed by atoms with Crippen molar-refractivity contribution in [3.8, 4) is 17.0 Å². The van der Waals surface area contributed by atoms with Crippen LogP contribution in [0.4, 0.5) is 4.39 Å². The van der Waals surface area contributed by atoms with Gasteiger partial charge in [-0.25, -0.2) is 4.39 Å². The molecular formula is C21H18FN5O2S. The average Bonchev–Trinajstić information content (AvgIpc) is 3.19. The third-order valence-electron chi connectivity index (χ3n) is 4.35. The fourth-order valence-electron chi connectivity index (χ4n) is 2.84. The number of aromatic nitrogens is 4. The Bertz CT molecular complexity index is 1180. The molecule has 0 aliphatic carbocycles. The summed E-state index contributed by atoms with van der Waals surface area (Å²) in [5.41, 5.74) is 2.97. The first kappa shape index (κ1) is 19.8. The summed E-state index contributed by atoms with van der Waals surface area (Å²) >= 11 is 1.24. The summed E-state index contributed by atoms with van der Waals surface area (Å²) in [5, 5.41) is 16.2. The van der Waals surface area contributed by atoms with Crippen molar-refractivity contribution in [1.82, 2.24) is 25.1 Å². The number of fused-ring (bicyclic) bond motifs is 1.